The van der Waals surface area contributed by atoms with E-state index >= 15 is 0 Å². The molecule has 1 heteroatoms. The molecule has 1 aliphatic rings. The highest BCUT2D eigenvalue weighted by Gasteiger charge is 2.18. The average Bonchev–Trinajstić information content (AvgIpc) is 2.19. The first-order valence-electron chi connectivity index (χ1n) is 6.40. The quantitative estimate of drug-likeness (QED) is 0.713. The van der Waals surface area contributed by atoms with Gasteiger partial charge in [-0.25, -0.2) is 0 Å². The lowest BCUT2D eigenvalue weighted by atomic mass is 9.84. The molecule has 1 nitrogen and oxygen atoms in total. The van der Waals surface area contributed by atoms with Gasteiger partial charge in [0, 0.05) is 0 Å². The molecule has 1 saturated carbocycles. The molecule has 2 unspecified atom stereocenters. The molecule has 84 valence electrons. The molecule has 0 amide bonds. The Hall–Kier alpha value is -0.0400. The van der Waals surface area contributed by atoms with E-state index in [0.29, 0.717) is 5.92 Å². The lowest BCUT2D eigenvalue weighted by Crippen LogP contribution is -2.18. The van der Waals surface area contributed by atoms with Crippen molar-refractivity contribution in [1.82, 2.24) is 0 Å². The van der Waals surface area contributed by atoms with Gasteiger partial charge in [0.2, 0.25) is 0 Å². The van der Waals surface area contributed by atoms with Crippen LogP contribution in [-0.4, -0.2) is 11.2 Å². The van der Waals surface area contributed by atoms with Gasteiger partial charge >= 0.3 is 0 Å². The van der Waals surface area contributed by atoms with E-state index in [1.165, 1.54) is 38.5 Å². The second kappa shape index (κ2) is 6.44. The monoisotopic (exact) mass is 198 g/mol. The summed E-state index contributed by atoms with van der Waals surface area (Å²) in [4.78, 5) is 0. The third kappa shape index (κ3) is 4.45. The molecule has 0 radical (unpaired) electrons. The lowest BCUT2D eigenvalue weighted by Gasteiger charge is -2.25. The fraction of sp³-hybridized carbons (Fsp3) is 1.00. The molecule has 1 N–H and O–H groups in total. The zero-order valence-corrected chi connectivity index (χ0v) is 9.84. The Morgan fingerprint density at radius 2 is 1.86 bits per heavy atom. The van der Waals surface area contributed by atoms with E-state index in [2.05, 4.69) is 13.8 Å². The van der Waals surface area contributed by atoms with Crippen LogP contribution in [0.3, 0.4) is 0 Å². The van der Waals surface area contributed by atoms with Gasteiger partial charge < -0.3 is 5.11 Å². The van der Waals surface area contributed by atoms with Crippen molar-refractivity contribution in [3.05, 3.63) is 0 Å². The van der Waals surface area contributed by atoms with Crippen molar-refractivity contribution in [2.45, 2.75) is 71.3 Å². The van der Waals surface area contributed by atoms with Gasteiger partial charge in [0.1, 0.15) is 0 Å². The Morgan fingerprint density at radius 1 is 1.21 bits per heavy atom. The van der Waals surface area contributed by atoms with Crippen LogP contribution in [0.4, 0.5) is 0 Å². The smallest absolute Gasteiger partial charge is 0.0545 e. The molecule has 0 heterocycles. The third-order valence-electron chi connectivity index (χ3n) is 3.70. The summed E-state index contributed by atoms with van der Waals surface area (Å²) in [6.45, 7) is 4.45. The number of rotatable bonds is 5. The zero-order valence-electron chi connectivity index (χ0n) is 9.84. The van der Waals surface area contributed by atoms with Gasteiger partial charge in [-0.2, -0.15) is 0 Å². The summed E-state index contributed by atoms with van der Waals surface area (Å²) in [5.41, 5.74) is 0. The second-order valence-electron chi connectivity index (χ2n) is 5.14. The minimum absolute atomic E-state index is 0.0342. The summed E-state index contributed by atoms with van der Waals surface area (Å²) < 4.78 is 0. The maximum absolute atomic E-state index is 9.90. The molecule has 0 spiro atoms. The number of aliphatic hydroxyl groups is 1. The normalized spacial score (nSPS) is 23.4. The zero-order chi connectivity index (χ0) is 10.4. The van der Waals surface area contributed by atoms with E-state index < -0.39 is 0 Å². The molecule has 1 aliphatic carbocycles. The van der Waals surface area contributed by atoms with Crippen LogP contribution in [0.15, 0.2) is 0 Å². The van der Waals surface area contributed by atoms with E-state index in [9.17, 15) is 5.11 Å². The van der Waals surface area contributed by atoms with Crippen molar-refractivity contribution in [1.29, 1.82) is 0 Å². The molecule has 0 bridgehead atoms. The summed E-state index contributed by atoms with van der Waals surface area (Å²) in [7, 11) is 0. The molecule has 2 atom stereocenters. The van der Waals surface area contributed by atoms with Crippen molar-refractivity contribution < 1.29 is 5.11 Å². The van der Waals surface area contributed by atoms with Crippen molar-refractivity contribution in [3.8, 4) is 0 Å². The molecule has 14 heavy (non-hydrogen) atoms. The van der Waals surface area contributed by atoms with Gasteiger partial charge in [0.15, 0.2) is 0 Å². The first-order chi connectivity index (χ1) is 6.72. The van der Waals surface area contributed by atoms with Crippen LogP contribution < -0.4 is 0 Å². The largest absolute Gasteiger partial charge is 0.393 e. The summed E-state index contributed by atoms with van der Waals surface area (Å²) in [5.74, 6) is 1.51. The first-order valence-corrected chi connectivity index (χ1v) is 6.40. The summed E-state index contributed by atoms with van der Waals surface area (Å²) in [5, 5.41) is 9.90. The van der Waals surface area contributed by atoms with Crippen LogP contribution in [0, 0.1) is 11.8 Å². The molecule has 0 aliphatic heterocycles. The van der Waals surface area contributed by atoms with Crippen LogP contribution in [0.25, 0.3) is 0 Å². The van der Waals surface area contributed by atoms with E-state index in [4.69, 9.17) is 0 Å². The van der Waals surface area contributed by atoms with Gasteiger partial charge in [-0.1, -0.05) is 52.4 Å². The number of hydrogen-bond donors (Lipinski definition) is 1. The predicted molar refractivity (Wildman–Crippen MR) is 61.3 cm³/mol. The highest BCUT2D eigenvalue weighted by molar-refractivity contribution is 4.71. The standard InChI is InChI=1S/C13H26O/c1-3-11(2)9-13(14)10-12-7-5-4-6-8-12/h11-14H,3-10H2,1-2H3. The molecule has 1 rings (SSSR count). The summed E-state index contributed by atoms with van der Waals surface area (Å²) in [6, 6.07) is 0. The molecule has 0 saturated heterocycles. The molecule has 0 aromatic rings. The van der Waals surface area contributed by atoms with Gasteiger partial charge in [-0.3, -0.25) is 0 Å². The minimum atomic E-state index is -0.0342. The fourth-order valence-corrected chi connectivity index (χ4v) is 2.53. The van der Waals surface area contributed by atoms with Crippen molar-refractivity contribution in [2.24, 2.45) is 11.8 Å². The minimum Gasteiger partial charge on any atom is -0.393 e. The van der Waals surface area contributed by atoms with E-state index in [-0.39, 0.29) is 6.10 Å². The Labute approximate surface area is 88.9 Å². The second-order valence-corrected chi connectivity index (χ2v) is 5.14. The fourth-order valence-electron chi connectivity index (χ4n) is 2.53. The SMILES string of the molecule is CCC(C)CC(O)CC1CCCCC1. The third-order valence-corrected chi connectivity index (χ3v) is 3.70. The van der Waals surface area contributed by atoms with Crippen LogP contribution in [0.5, 0.6) is 0 Å². The van der Waals surface area contributed by atoms with Crippen LogP contribution in [0.2, 0.25) is 0 Å². The molecular weight excluding hydrogens is 172 g/mol. The lowest BCUT2D eigenvalue weighted by molar-refractivity contribution is 0.106. The van der Waals surface area contributed by atoms with E-state index in [1.807, 2.05) is 0 Å². The van der Waals surface area contributed by atoms with Gasteiger partial charge in [0.25, 0.3) is 0 Å². The maximum Gasteiger partial charge on any atom is 0.0545 e. The molecule has 1 fully saturated rings. The highest BCUT2D eigenvalue weighted by atomic mass is 16.3. The Balaban J connectivity index is 2.14. The molecule has 0 aromatic carbocycles. The van der Waals surface area contributed by atoms with Crippen molar-refractivity contribution in [2.75, 3.05) is 0 Å². The van der Waals surface area contributed by atoms with E-state index in [1.54, 1.807) is 0 Å². The predicted octanol–water partition coefficient (Wildman–Crippen LogP) is 3.75. The maximum atomic E-state index is 9.90. The molecule has 0 aromatic heterocycles. The van der Waals surface area contributed by atoms with Gasteiger partial charge in [-0.15, -0.1) is 0 Å². The average molecular weight is 198 g/mol. The van der Waals surface area contributed by atoms with Gasteiger partial charge in [0.05, 0.1) is 6.10 Å². The van der Waals surface area contributed by atoms with Crippen molar-refractivity contribution >= 4 is 0 Å². The van der Waals surface area contributed by atoms with E-state index in [0.717, 1.165) is 18.8 Å². The van der Waals surface area contributed by atoms with Gasteiger partial charge in [-0.05, 0) is 24.7 Å². The van der Waals surface area contributed by atoms with Crippen LogP contribution >= 0.6 is 0 Å². The van der Waals surface area contributed by atoms with Crippen molar-refractivity contribution in [3.63, 3.8) is 0 Å². The Kier molecular flexibility index (Phi) is 5.54. The number of hydrogen-bond acceptors (Lipinski definition) is 1. The Bertz CT molecular complexity index is 138. The first kappa shape index (κ1) is 12.0. The van der Waals surface area contributed by atoms with Crippen LogP contribution in [-0.2, 0) is 0 Å². The highest BCUT2D eigenvalue weighted by Crippen LogP contribution is 2.28. The topological polar surface area (TPSA) is 20.2 Å². The summed E-state index contributed by atoms with van der Waals surface area (Å²) in [6.07, 6.45) is 10.1. The number of aliphatic hydroxyl groups excluding tert-OH is 1. The van der Waals surface area contributed by atoms with Crippen LogP contribution in [0.1, 0.15) is 65.2 Å². The summed E-state index contributed by atoms with van der Waals surface area (Å²) >= 11 is 0. The Morgan fingerprint density at radius 3 is 2.43 bits per heavy atom. The molecular formula is C13H26O.